The van der Waals surface area contributed by atoms with E-state index in [2.05, 4.69) is 0 Å². The number of aldehydes is 1. The number of hydrogen-bond acceptors (Lipinski definition) is 4. The molecule has 4 heteroatoms. The van der Waals surface area contributed by atoms with Gasteiger partial charge in [0.1, 0.15) is 6.61 Å². The molecule has 0 amide bonds. The first-order chi connectivity index (χ1) is 7.22. The second-order valence-corrected chi connectivity index (χ2v) is 2.89. The molecule has 0 spiro atoms. The number of rotatable bonds is 5. The first-order valence-corrected chi connectivity index (χ1v) is 4.40. The Morgan fingerprint density at radius 3 is 2.67 bits per heavy atom. The molecular formula is C11H12N2O2. The molecule has 78 valence electrons. The fraction of sp³-hybridized carbons (Fsp3) is 0.0909. The molecule has 0 radical (unpaired) electrons. The number of allylic oxidation sites excluding steroid dienone is 1. The molecule has 0 heterocycles. The summed E-state index contributed by atoms with van der Waals surface area (Å²) in [4.78, 5) is 10.1. The Morgan fingerprint density at radius 2 is 2.07 bits per heavy atom. The molecule has 1 rings (SSSR count). The molecule has 1 aromatic rings. The predicted octanol–water partition coefficient (Wildman–Crippen LogP) is 1.22. The second-order valence-electron chi connectivity index (χ2n) is 2.89. The highest BCUT2D eigenvalue weighted by Gasteiger charge is 1.95. The minimum Gasteiger partial charge on any atom is -0.474 e. The topological polar surface area (TPSA) is 76.2 Å². The maximum Gasteiger partial charge on any atom is 0.186 e. The molecule has 0 fully saturated rings. The Balaban J connectivity index is 2.47. The number of carbonyl (C=O) groups is 1. The smallest absolute Gasteiger partial charge is 0.186 e. The van der Waals surface area contributed by atoms with Crippen molar-refractivity contribution in [2.45, 2.75) is 6.61 Å². The number of benzene rings is 1. The van der Waals surface area contributed by atoms with Gasteiger partial charge >= 0.3 is 0 Å². The molecule has 0 aliphatic carbocycles. The highest BCUT2D eigenvalue weighted by atomic mass is 16.5. The van der Waals surface area contributed by atoms with E-state index in [1.807, 2.05) is 30.3 Å². The van der Waals surface area contributed by atoms with Crippen molar-refractivity contribution in [1.29, 1.82) is 5.41 Å². The standard InChI is InChI=1S/C11H12N2O2/c12-10(7-14)6-11(13)15-8-9-4-2-1-3-5-9/h1-7,12H,8,13H2. The lowest BCUT2D eigenvalue weighted by Gasteiger charge is -2.05. The zero-order valence-electron chi connectivity index (χ0n) is 8.14. The Labute approximate surface area is 87.9 Å². The van der Waals surface area contributed by atoms with E-state index < -0.39 is 0 Å². The zero-order chi connectivity index (χ0) is 11.1. The van der Waals surface area contributed by atoms with Crippen molar-refractivity contribution in [2.24, 2.45) is 5.73 Å². The Bertz CT molecular complexity index is 371. The summed E-state index contributed by atoms with van der Waals surface area (Å²) in [5.74, 6) is 0.0657. The first-order valence-electron chi connectivity index (χ1n) is 4.40. The van der Waals surface area contributed by atoms with Crippen LogP contribution in [0.5, 0.6) is 0 Å². The van der Waals surface area contributed by atoms with Crippen LogP contribution in [-0.2, 0) is 16.1 Å². The lowest BCUT2D eigenvalue weighted by Crippen LogP contribution is -2.06. The largest absolute Gasteiger partial charge is 0.474 e. The summed E-state index contributed by atoms with van der Waals surface area (Å²) in [6, 6.07) is 9.50. The van der Waals surface area contributed by atoms with Crippen molar-refractivity contribution < 1.29 is 9.53 Å². The van der Waals surface area contributed by atoms with Gasteiger partial charge in [0.2, 0.25) is 0 Å². The van der Waals surface area contributed by atoms with Crippen LogP contribution in [0.25, 0.3) is 0 Å². The summed E-state index contributed by atoms with van der Waals surface area (Å²) in [5, 5.41) is 7.05. The molecule has 0 unspecified atom stereocenters. The molecule has 0 aliphatic rings. The highest BCUT2D eigenvalue weighted by molar-refractivity contribution is 6.32. The van der Waals surface area contributed by atoms with Crippen LogP contribution < -0.4 is 5.73 Å². The summed E-state index contributed by atoms with van der Waals surface area (Å²) in [6.45, 7) is 0.329. The third kappa shape index (κ3) is 4.08. The van der Waals surface area contributed by atoms with E-state index in [1.54, 1.807) is 0 Å². The van der Waals surface area contributed by atoms with E-state index in [1.165, 1.54) is 6.08 Å². The molecule has 0 bridgehead atoms. The molecular weight excluding hydrogens is 192 g/mol. The average molecular weight is 204 g/mol. The lowest BCUT2D eigenvalue weighted by molar-refractivity contribution is -0.102. The summed E-state index contributed by atoms with van der Waals surface area (Å²) < 4.78 is 5.14. The fourth-order valence-corrected chi connectivity index (χ4v) is 0.970. The average Bonchev–Trinajstić information content (AvgIpc) is 2.27. The molecule has 0 aliphatic heterocycles. The van der Waals surface area contributed by atoms with Crippen LogP contribution in [0.3, 0.4) is 0 Å². The number of nitrogens with two attached hydrogens (primary N) is 1. The summed E-state index contributed by atoms with van der Waals surface area (Å²) in [6.07, 6.45) is 1.58. The van der Waals surface area contributed by atoms with Gasteiger partial charge < -0.3 is 10.5 Å². The third-order valence-corrected chi connectivity index (χ3v) is 1.67. The molecule has 0 saturated heterocycles. The molecule has 3 N–H and O–H groups in total. The monoisotopic (exact) mass is 204 g/mol. The molecule has 0 atom stereocenters. The van der Waals surface area contributed by atoms with Crippen molar-refractivity contribution in [3.8, 4) is 0 Å². The molecule has 15 heavy (non-hydrogen) atoms. The third-order valence-electron chi connectivity index (χ3n) is 1.67. The molecule has 0 aromatic heterocycles. The van der Waals surface area contributed by atoms with Crippen LogP contribution in [0.15, 0.2) is 42.3 Å². The zero-order valence-corrected chi connectivity index (χ0v) is 8.14. The Hall–Kier alpha value is -2.10. The van der Waals surface area contributed by atoms with Gasteiger partial charge in [0, 0.05) is 6.08 Å². The minimum atomic E-state index is -0.208. The maximum atomic E-state index is 10.1. The van der Waals surface area contributed by atoms with Gasteiger partial charge in [0.25, 0.3) is 0 Å². The lowest BCUT2D eigenvalue weighted by atomic mass is 10.2. The van der Waals surface area contributed by atoms with Gasteiger partial charge in [-0.25, -0.2) is 0 Å². The van der Waals surface area contributed by atoms with Crippen molar-refractivity contribution >= 4 is 12.0 Å². The van der Waals surface area contributed by atoms with Crippen LogP contribution in [0.2, 0.25) is 0 Å². The quantitative estimate of drug-likeness (QED) is 0.430. The van der Waals surface area contributed by atoms with E-state index in [-0.39, 0.29) is 11.6 Å². The van der Waals surface area contributed by atoms with Crippen molar-refractivity contribution in [3.63, 3.8) is 0 Å². The summed E-state index contributed by atoms with van der Waals surface area (Å²) in [7, 11) is 0. The van der Waals surface area contributed by atoms with Gasteiger partial charge in [0.15, 0.2) is 12.2 Å². The van der Waals surface area contributed by atoms with Gasteiger partial charge in [-0.05, 0) is 5.56 Å². The Kier molecular flexibility index (Phi) is 4.09. The van der Waals surface area contributed by atoms with Crippen molar-refractivity contribution in [3.05, 3.63) is 47.9 Å². The fourth-order valence-electron chi connectivity index (χ4n) is 0.970. The van der Waals surface area contributed by atoms with E-state index in [0.717, 1.165) is 5.56 Å². The van der Waals surface area contributed by atoms with Crippen LogP contribution in [0.1, 0.15) is 5.56 Å². The van der Waals surface area contributed by atoms with Crippen molar-refractivity contribution in [1.82, 2.24) is 0 Å². The Morgan fingerprint density at radius 1 is 1.40 bits per heavy atom. The second kappa shape index (κ2) is 5.59. The SMILES string of the molecule is N=C(C=O)C=C(N)OCc1ccccc1. The number of ether oxygens (including phenoxy) is 1. The first kappa shape index (κ1) is 11.0. The van der Waals surface area contributed by atoms with Crippen LogP contribution in [0.4, 0.5) is 0 Å². The van der Waals surface area contributed by atoms with E-state index in [9.17, 15) is 4.79 Å². The molecule has 0 saturated carbocycles. The van der Waals surface area contributed by atoms with Crippen molar-refractivity contribution in [2.75, 3.05) is 0 Å². The van der Waals surface area contributed by atoms with Gasteiger partial charge in [-0.3, -0.25) is 10.2 Å². The normalized spacial score (nSPS) is 10.8. The predicted molar refractivity (Wildman–Crippen MR) is 57.3 cm³/mol. The van der Waals surface area contributed by atoms with Crippen LogP contribution in [0, 0.1) is 5.41 Å². The maximum absolute atomic E-state index is 10.1. The van der Waals surface area contributed by atoms with Crippen LogP contribution >= 0.6 is 0 Å². The summed E-state index contributed by atoms with van der Waals surface area (Å²) >= 11 is 0. The van der Waals surface area contributed by atoms with Gasteiger partial charge in [-0.1, -0.05) is 30.3 Å². The van der Waals surface area contributed by atoms with E-state index >= 15 is 0 Å². The van der Waals surface area contributed by atoms with Gasteiger partial charge in [-0.15, -0.1) is 0 Å². The number of carbonyl (C=O) groups excluding carboxylic acids is 1. The highest BCUT2D eigenvalue weighted by Crippen LogP contribution is 2.02. The minimum absolute atomic E-state index is 0.0657. The van der Waals surface area contributed by atoms with Gasteiger partial charge in [-0.2, -0.15) is 0 Å². The number of hydrogen-bond donors (Lipinski definition) is 2. The van der Waals surface area contributed by atoms with Gasteiger partial charge in [0.05, 0.1) is 5.71 Å². The van der Waals surface area contributed by atoms with Crippen LogP contribution in [-0.4, -0.2) is 12.0 Å². The molecule has 4 nitrogen and oxygen atoms in total. The molecule has 1 aromatic carbocycles. The van der Waals surface area contributed by atoms with E-state index in [4.69, 9.17) is 15.9 Å². The summed E-state index contributed by atoms with van der Waals surface area (Å²) in [5.41, 5.74) is 6.21. The van der Waals surface area contributed by atoms with E-state index in [0.29, 0.717) is 12.9 Å². The number of nitrogens with one attached hydrogen (secondary N) is 1.